The van der Waals surface area contributed by atoms with E-state index in [1.807, 2.05) is 0 Å². The minimum Gasteiger partial charge on any atom is -0.496 e. The van der Waals surface area contributed by atoms with Gasteiger partial charge in [0, 0.05) is 6.54 Å². The average Bonchev–Trinajstić information content (AvgIpc) is 2.64. The zero-order chi connectivity index (χ0) is 20.9. The standard InChI is InChI=1S/C18H18F3NO5S/c1-26-16-7-6-12(9-15(16)17(23)27-2)10-22-28(24,25)11-13-4-3-5-14(8-13)18(19,20)21/h3-9,22H,10-11H2,1-2H3. The first-order chi connectivity index (χ1) is 13.1. The molecule has 0 radical (unpaired) electrons. The molecule has 2 aromatic rings. The summed E-state index contributed by atoms with van der Waals surface area (Å²) in [5.74, 6) is -0.996. The van der Waals surface area contributed by atoms with Gasteiger partial charge in [-0.1, -0.05) is 24.3 Å². The molecule has 0 aliphatic rings. The molecule has 0 aliphatic heterocycles. The number of alkyl halides is 3. The van der Waals surface area contributed by atoms with Gasteiger partial charge in [-0.2, -0.15) is 13.2 Å². The largest absolute Gasteiger partial charge is 0.496 e. The monoisotopic (exact) mass is 417 g/mol. The smallest absolute Gasteiger partial charge is 0.416 e. The van der Waals surface area contributed by atoms with E-state index in [9.17, 15) is 26.4 Å². The lowest BCUT2D eigenvalue weighted by Crippen LogP contribution is -2.25. The van der Waals surface area contributed by atoms with E-state index < -0.39 is 33.5 Å². The van der Waals surface area contributed by atoms with Gasteiger partial charge >= 0.3 is 12.1 Å². The van der Waals surface area contributed by atoms with Crippen LogP contribution in [0.5, 0.6) is 5.75 Å². The van der Waals surface area contributed by atoms with Gasteiger partial charge in [-0.05, 0) is 29.3 Å². The van der Waals surface area contributed by atoms with E-state index in [0.29, 0.717) is 5.56 Å². The molecule has 28 heavy (non-hydrogen) atoms. The van der Waals surface area contributed by atoms with Crippen molar-refractivity contribution in [1.29, 1.82) is 0 Å². The lowest BCUT2D eigenvalue weighted by molar-refractivity contribution is -0.137. The van der Waals surface area contributed by atoms with Crippen LogP contribution in [0.4, 0.5) is 13.2 Å². The summed E-state index contributed by atoms with van der Waals surface area (Å²) in [7, 11) is -1.34. The van der Waals surface area contributed by atoms with E-state index in [2.05, 4.69) is 9.46 Å². The third kappa shape index (κ3) is 5.70. The number of carbonyl (C=O) groups excluding carboxylic acids is 1. The molecule has 1 N–H and O–H groups in total. The van der Waals surface area contributed by atoms with Crippen molar-refractivity contribution in [3.63, 3.8) is 0 Å². The van der Waals surface area contributed by atoms with Gasteiger partial charge in [-0.3, -0.25) is 0 Å². The molecule has 0 amide bonds. The van der Waals surface area contributed by atoms with Crippen molar-refractivity contribution in [2.24, 2.45) is 0 Å². The zero-order valence-electron chi connectivity index (χ0n) is 15.0. The Kier molecular flexibility index (Phi) is 6.68. The molecule has 0 saturated carbocycles. The molecule has 0 heterocycles. The average molecular weight is 417 g/mol. The van der Waals surface area contributed by atoms with Crippen LogP contribution >= 0.6 is 0 Å². The fourth-order valence-electron chi connectivity index (χ4n) is 2.44. The Hall–Kier alpha value is -2.59. The van der Waals surface area contributed by atoms with Gasteiger partial charge < -0.3 is 9.47 Å². The third-order valence-electron chi connectivity index (χ3n) is 3.78. The Balaban J connectivity index is 2.13. The van der Waals surface area contributed by atoms with E-state index >= 15 is 0 Å². The maximum absolute atomic E-state index is 12.8. The molecule has 0 aromatic heterocycles. The van der Waals surface area contributed by atoms with E-state index in [4.69, 9.17) is 4.74 Å². The highest BCUT2D eigenvalue weighted by molar-refractivity contribution is 7.88. The summed E-state index contributed by atoms with van der Waals surface area (Å²) in [5, 5.41) is 0. The van der Waals surface area contributed by atoms with Crippen LogP contribution in [0.2, 0.25) is 0 Å². The van der Waals surface area contributed by atoms with Gasteiger partial charge in [0.2, 0.25) is 10.0 Å². The number of halogens is 3. The fourth-order valence-corrected chi connectivity index (χ4v) is 3.54. The molecule has 6 nitrogen and oxygen atoms in total. The summed E-state index contributed by atoms with van der Waals surface area (Å²) in [4.78, 5) is 11.8. The zero-order valence-corrected chi connectivity index (χ0v) is 15.9. The highest BCUT2D eigenvalue weighted by Crippen LogP contribution is 2.29. The quantitative estimate of drug-likeness (QED) is 0.700. The van der Waals surface area contributed by atoms with Crippen molar-refractivity contribution in [3.05, 3.63) is 64.7 Å². The highest BCUT2D eigenvalue weighted by atomic mass is 32.2. The molecule has 0 spiro atoms. The first-order valence-electron chi connectivity index (χ1n) is 7.94. The van der Waals surface area contributed by atoms with Crippen molar-refractivity contribution in [1.82, 2.24) is 4.72 Å². The Morgan fingerprint density at radius 2 is 1.79 bits per heavy atom. The Morgan fingerprint density at radius 3 is 2.39 bits per heavy atom. The van der Waals surface area contributed by atoms with Gasteiger partial charge in [0.25, 0.3) is 0 Å². The summed E-state index contributed by atoms with van der Waals surface area (Å²) in [6, 6.07) is 8.58. The first kappa shape index (κ1) is 21.7. The van der Waals surface area contributed by atoms with E-state index in [1.54, 1.807) is 6.07 Å². The summed E-state index contributed by atoms with van der Waals surface area (Å²) >= 11 is 0. The Morgan fingerprint density at radius 1 is 1.07 bits per heavy atom. The number of hydrogen-bond donors (Lipinski definition) is 1. The highest BCUT2D eigenvalue weighted by Gasteiger charge is 2.30. The molecule has 152 valence electrons. The van der Waals surface area contributed by atoms with Gasteiger partial charge in [0.15, 0.2) is 0 Å². The van der Waals surface area contributed by atoms with Crippen molar-refractivity contribution >= 4 is 16.0 Å². The van der Waals surface area contributed by atoms with Gasteiger partial charge in [0.1, 0.15) is 11.3 Å². The SMILES string of the molecule is COC(=O)c1cc(CNS(=O)(=O)Cc2cccc(C(F)(F)F)c2)ccc1OC. The molecule has 0 bridgehead atoms. The van der Waals surface area contributed by atoms with Crippen molar-refractivity contribution in [2.45, 2.75) is 18.5 Å². The summed E-state index contributed by atoms with van der Waals surface area (Å²) in [6.45, 7) is -0.157. The molecule has 0 unspecified atom stereocenters. The normalized spacial score (nSPS) is 11.9. The first-order valence-corrected chi connectivity index (χ1v) is 9.59. The van der Waals surface area contributed by atoms with Crippen molar-refractivity contribution in [3.8, 4) is 5.75 Å². The van der Waals surface area contributed by atoms with Gasteiger partial charge in [-0.15, -0.1) is 0 Å². The van der Waals surface area contributed by atoms with Crippen LogP contribution in [0.25, 0.3) is 0 Å². The van der Waals surface area contributed by atoms with Crippen LogP contribution in [0, 0.1) is 0 Å². The van der Waals surface area contributed by atoms with E-state index in [0.717, 1.165) is 18.2 Å². The molecule has 0 saturated heterocycles. The number of hydrogen-bond acceptors (Lipinski definition) is 5. The third-order valence-corrected chi connectivity index (χ3v) is 5.07. The lowest BCUT2D eigenvalue weighted by atomic mass is 10.1. The van der Waals surface area contributed by atoms with Crippen molar-refractivity contribution in [2.75, 3.05) is 14.2 Å². The molecule has 0 fully saturated rings. The van der Waals surface area contributed by atoms with Crippen molar-refractivity contribution < 1.29 is 35.9 Å². The number of methoxy groups -OCH3 is 2. The van der Waals surface area contributed by atoms with Gasteiger partial charge in [-0.25, -0.2) is 17.9 Å². The number of benzene rings is 2. The topological polar surface area (TPSA) is 81.7 Å². The maximum atomic E-state index is 12.8. The van der Waals surface area contributed by atoms with Crippen LogP contribution in [-0.2, 0) is 33.2 Å². The second-order valence-corrected chi connectivity index (χ2v) is 7.61. The second-order valence-electron chi connectivity index (χ2n) is 5.80. The number of ether oxygens (including phenoxy) is 2. The number of sulfonamides is 1. The number of nitrogens with one attached hydrogen (secondary N) is 1. The molecule has 0 aliphatic carbocycles. The fraction of sp³-hybridized carbons (Fsp3) is 0.278. The van der Waals surface area contributed by atoms with Crippen LogP contribution in [-0.4, -0.2) is 28.6 Å². The number of carbonyl (C=O) groups is 1. The Labute approximate surface area is 160 Å². The minimum absolute atomic E-state index is 0.00676. The molecule has 0 atom stereocenters. The van der Waals surface area contributed by atoms with Crippen LogP contribution in [0.15, 0.2) is 42.5 Å². The van der Waals surface area contributed by atoms with Crippen LogP contribution in [0.3, 0.4) is 0 Å². The van der Waals surface area contributed by atoms with Crippen LogP contribution in [0.1, 0.15) is 27.0 Å². The molecular weight excluding hydrogens is 399 g/mol. The molecule has 2 rings (SSSR count). The van der Waals surface area contributed by atoms with E-state index in [-0.39, 0.29) is 23.4 Å². The molecule has 2 aromatic carbocycles. The van der Waals surface area contributed by atoms with E-state index in [1.165, 1.54) is 32.4 Å². The number of rotatable bonds is 7. The minimum atomic E-state index is -4.55. The molecular formula is C18H18F3NO5S. The summed E-state index contributed by atoms with van der Waals surface area (Å²) in [5.41, 5.74) is -0.334. The lowest BCUT2D eigenvalue weighted by Gasteiger charge is -2.11. The van der Waals surface area contributed by atoms with Crippen LogP contribution < -0.4 is 9.46 Å². The second kappa shape index (κ2) is 8.61. The summed E-state index contributed by atoms with van der Waals surface area (Å²) < 4.78 is 74.7. The molecule has 10 heteroatoms. The predicted octanol–water partition coefficient (Wildman–Crippen LogP) is 3.12. The summed E-state index contributed by atoms with van der Waals surface area (Å²) in [6.07, 6.45) is -4.55. The van der Waals surface area contributed by atoms with Gasteiger partial charge in [0.05, 0.1) is 25.5 Å². The Bertz CT molecular complexity index is 958. The number of esters is 1. The predicted molar refractivity (Wildman–Crippen MR) is 95.2 cm³/mol. The maximum Gasteiger partial charge on any atom is 0.416 e.